The number of hydrogen-bond acceptors (Lipinski definition) is 5. The maximum atomic E-state index is 9.40. The van der Waals surface area contributed by atoms with Crippen molar-refractivity contribution in [2.75, 3.05) is 0 Å². The van der Waals surface area contributed by atoms with E-state index in [1.807, 2.05) is 158 Å². The minimum atomic E-state index is -0.690. The van der Waals surface area contributed by atoms with Gasteiger partial charge in [0.05, 0.1) is 64.5 Å². The van der Waals surface area contributed by atoms with Crippen LogP contribution >= 0.6 is 0 Å². The highest BCUT2D eigenvalue weighted by Crippen LogP contribution is 2.52. The van der Waals surface area contributed by atoms with Crippen LogP contribution in [0.25, 0.3) is 171 Å². The van der Waals surface area contributed by atoms with Gasteiger partial charge in [0.2, 0.25) is 0 Å². The SMILES string of the molecule is [2H]c1c([2H])c([2H])c(-c2nc(-c3cc([N+]#[C-])c(-c4ccccc4)c(-n4c5ccc(-c6ccccc6)cc5c5c6oc7ccccc7c6ccc54)c3-n3c4ccc(-c5ccccc5)cc4c4c5oc6ccccc6c5ccc43)nc(-c3c([2H])c([2H])c([2H])c([2H])c3[2H])n2)c([2H])c1[2H]. The van der Waals surface area contributed by atoms with Gasteiger partial charge in [0.15, 0.2) is 23.2 Å². The van der Waals surface area contributed by atoms with E-state index >= 15 is 0 Å². The van der Waals surface area contributed by atoms with E-state index in [0.29, 0.717) is 66.9 Å². The molecule has 17 aromatic rings. The number of benzene rings is 12. The second-order valence-electron chi connectivity index (χ2n) is 20.5. The van der Waals surface area contributed by atoms with Crippen LogP contribution in [0.1, 0.15) is 13.7 Å². The molecule has 0 amide bonds. The summed E-state index contributed by atoms with van der Waals surface area (Å²) in [6.07, 6.45) is 0. The Bertz CT molecular complexity index is 6050. The number of rotatable bonds is 8. The van der Waals surface area contributed by atoms with Crippen LogP contribution < -0.4 is 0 Å². The van der Waals surface area contributed by atoms with Gasteiger partial charge in [-0.05, 0) is 94.5 Å². The van der Waals surface area contributed by atoms with E-state index in [0.717, 1.165) is 65.3 Å². The van der Waals surface area contributed by atoms with Crippen molar-refractivity contribution in [3.63, 3.8) is 0 Å². The van der Waals surface area contributed by atoms with Crippen molar-refractivity contribution in [2.24, 2.45) is 0 Å². The standard InChI is InChI=1S/C76H44N6O2/c1-77-60-45-59(76-79-74(49-27-13-5-14-28-49)78-75(80-76)50-29-15-6-16-30-50)70(81-61-39-35-51(46-21-7-2-8-22-46)43-57(61)68-63(81)41-37-55-53-31-17-19-33-65(53)83-72(55)68)71(67(60)48-25-11-4-12-26-48)82-62-40-36-52(47-23-9-3-10-24-47)44-58(62)69-64(82)42-38-56-54-32-18-20-34-66(54)84-73(56)69/h2-45H/i5D,6D,13D,14D,15D,16D,27D,28D,29D,30D. The molecule has 0 unspecified atom stereocenters. The molecule has 84 heavy (non-hydrogen) atoms. The normalized spacial score (nSPS) is 13.5. The summed E-state index contributed by atoms with van der Waals surface area (Å²) in [6.45, 7) is 9.40. The van der Waals surface area contributed by atoms with E-state index in [-0.39, 0.29) is 17.1 Å². The van der Waals surface area contributed by atoms with Crippen LogP contribution in [-0.2, 0) is 0 Å². The van der Waals surface area contributed by atoms with Crippen LogP contribution in [0.15, 0.2) is 276 Å². The van der Waals surface area contributed by atoms with Gasteiger partial charge in [0, 0.05) is 54.6 Å². The fraction of sp³-hybridized carbons (Fsp3) is 0. The van der Waals surface area contributed by atoms with Gasteiger partial charge in [-0.3, -0.25) is 0 Å². The lowest BCUT2D eigenvalue weighted by Crippen LogP contribution is -2.10. The van der Waals surface area contributed by atoms with Gasteiger partial charge < -0.3 is 18.0 Å². The largest absolute Gasteiger partial charge is 0.455 e. The van der Waals surface area contributed by atoms with E-state index in [1.54, 1.807) is 6.07 Å². The lowest BCUT2D eigenvalue weighted by molar-refractivity contribution is 0.672. The zero-order valence-electron chi connectivity index (χ0n) is 54.1. The average Bonchev–Trinajstić information content (AvgIpc) is 1.51. The first-order valence-corrected chi connectivity index (χ1v) is 27.2. The first-order valence-electron chi connectivity index (χ1n) is 32.2. The highest BCUT2D eigenvalue weighted by Gasteiger charge is 2.32. The molecule has 0 aliphatic carbocycles. The molecule has 0 radical (unpaired) electrons. The third kappa shape index (κ3) is 7.23. The fourth-order valence-corrected chi connectivity index (χ4v) is 12.4. The van der Waals surface area contributed by atoms with E-state index in [1.165, 1.54) is 0 Å². The molecule has 12 aromatic carbocycles. The van der Waals surface area contributed by atoms with Crippen molar-refractivity contribution in [1.29, 1.82) is 0 Å². The van der Waals surface area contributed by atoms with Crippen molar-refractivity contribution < 1.29 is 22.5 Å². The summed E-state index contributed by atoms with van der Waals surface area (Å²) < 4.78 is 109. The summed E-state index contributed by atoms with van der Waals surface area (Å²) in [5.74, 6) is -1.18. The number of fused-ring (bicyclic) bond motifs is 14. The molecule has 0 aliphatic rings. The molecule has 0 N–H and O–H groups in total. The summed E-state index contributed by atoms with van der Waals surface area (Å²) >= 11 is 0. The molecule has 5 aromatic heterocycles. The Morgan fingerprint density at radius 1 is 0.357 bits per heavy atom. The van der Waals surface area contributed by atoms with Gasteiger partial charge in [0.25, 0.3) is 0 Å². The van der Waals surface area contributed by atoms with E-state index < -0.39 is 83.2 Å². The Kier molecular flexibility index (Phi) is 8.48. The summed E-state index contributed by atoms with van der Waals surface area (Å²) in [7, 11) is 0. The second kappa shape index (κ2) is 18.7. The quantitative estimate of drug-likeness (QED) is 0.142. The molecule has 390 valence electrons. The fourth-order valence-electron chi connectivity index (χ4n) is 12.4. The summed E-state index contributed by atoms with van der Waals surface area (Å²) in [5.41, 5.74) is 10.3. The topological polar surface area (TPSA) is 79.2 Å². The minimum Gasteiger partial charge on any atom is -0.455 e. The van der Waals surface area contributed by atoms with Crippen molar-refractivity contribution >= 4 is 93.2 Å². The maximum Gasteiger partial charge on any atom is 0.197 e. The van der Waals surface area contributed by atoms with Crippen LogP contribution in [0.3, 0.4) is 0 Å². The molecular formula is C76H44N6O2. The zero-order valence-corrected chi connectivity index (χ0v) is 44.1. The Morgan fingerprint density at radius 2 is 0.786 bits per heavy atom. The van der Waals surface area contributed by atoms with Gasteiger partial charge in [0.1, 0.15) is 22.3 Å². The van der Waals surface area contributed by atoms with Crippen molar-refractivity contribution in [1.82, 2.24) is 24.1 Å². The molecule has 0 saturated heterocycles. The number of nitrogens with zero attached hydrogens (tertiary/aromatic N) is 6. The van der Waals surface area contributed by atoms with E-state index in [4.69, 9.17) is 32.0 Å². The minimum absolute atomic E-state index is 0.113. The lowest BCUT2D eigenvalue weighted by atomic mass is 9.95. The third-order valence-electron chi connectivity index (χ3n) is 16.0. The highest BCUT2D eigenvalue weighted by molar-refractivity contribution is 6.27. The molecule has 8 heteroatoms. The smallest absolute Gasteiger partial charge is 0.197 e. The summed E-state index contributed by atoms with van der Waals surface area (Å²) in [6, 6.07) is 61.1. The Morgan fingerprint density at radius 3 is 1.27 bits per heavy atom. The summed E-state index contributed by atoms with van der Waals surface area (Å²) in [5, 5.41) is 6.65. The number of para-hydroxylation sites is 2. The van der Waals surface area contributed by atoms with E-state index in [2.05, 4.69) is 56.4 Å². The van der Waals surface area contributed by atoms with Gasteiger partial charge in [-0.2, -0.15) is 0 Å². The monoisotopic (exact) mass is 1080 g/mol. The Hall–Kier alpha value is -11.7. The van der Waals surface area contributed by atoms with Crippen LogP contribution in [-0.4, -0.2) is 24.1 Å². The van der Waals surface area contributed by atoms with Crippen molar-refractivity contribution in [2.45, 2.75) is 0 Å². The maximum absolute atomic E-state index is 9.40. The predicted octanol–water partition coefficient (Wildman–Crippen LogP) is 20.4. The summed E-state index contributed by atoms with van der Waals surface area (Å²) in [4.78, 5) is 19.4. The highest BCUT2D eigenvalue weighted by atomic mass is 16.3. The molecule has 8 nitrogen and oxygen atoms in total. The molecule has 0 spiro atoms. The molecular weight excluding hydrogens is 1030 g/mol. The molecule has 0 bridgehead atoms. The average molecular weight is 1080 g/mol. The van der Waals surface area contributed by atoms with Crippen LogP contribution in [0.5, 0.6) is 0 Å². The van der Waals surface area contributed by atoms with Crippen molar-refractivity contribution in [3.05, 3.63) is 278 Å². The Balaban J connectivity index is 1.13. The number of aromatic nitrogens is 5. The molecule has 5 heterocycles. The predicted molar refractivity (Wildman–Crippen MR) is 342 cm³/mol. The van der Waals surface area contributed by atoms with Crippen LogP contribution in [0, 0.1) is 6.57 Å². The first-order chi connectivity index (χ1) is 45.8. The molecule has 17 rings (SSSR count). The molecule has 0 saturated carbocycles. The Labute approximate surface area is 494 Å². The molecule has 0 fully saturated rings. The second-order valence-corrected chi connectivity index (χ2v) is 20.5. The lowest BCUT2D eigenvalue weighted by Gasteiger charge is -2.25. The van der Waals surface area contributed by atoms with Crippen LogP contribution in [0.4, 0.5) is 5.69 Å². The zero-order chi connectivity index (χ0) is 64.1. The third-order valence-corrected chi connectivity index (χ3v) is 16.0. The van der Waals surface area contributed by atoms with Gasteiger partial charge in [-0.15, -0.1) is 0 Å². The molecule has 0 atom stereocenters. The van der Waals surface area contributed by atoms with Crippen LogP contribution in [0.2, 0.25) is 0 Å². The van der Waals surface area contributed by atoms with Gasteiger partial charge in [-0.25, -0.2) is 19.8 Å². The van der Waals surface area contributed by atoms with Gasteiger partial charge in [-0.1, -0.05) is 200 Å². The van der Waals surface area contributed by atoms with Gasteiger partial charge >= 0.3 is 0 Å². The molecule has 0 aliphatic heterocycles. The van der Waals surface area contributed by atoms with Crippen molar-refractivity contribution in [3.8, 4) is 78.9 Å². The first kappa shape index (κ1) is 38.1. The van der Waals surface area contributed by atoms with E-state index in [9.17, 15) is 12.1 Å². The number of furan rings is 2. The number of hydrogen-bond donors (Lipinski definition) is 0.